The van der Waals surface area contributed by atoms with E-state index in [-0.39, 0.29) is 0 Å². The number of benzene rings is 1. The van der Waals surface area contributed by atoms with Crippen molar-refractivity contribution in [1.82, 2.24) is 9.97 Å². The van der Waals surface area contributed by atoms with Crippen molar-refractivity contribution in [3.05, 3.63) is 29.1 Å². The summed E-state index contributed by atoms with van der Waals surface area (Å²) in [5.41, 5.74) is 9.75. The van der Waals surface area contributed by atoms with Gasteiger partial charge < -0.3 is 5.73 Å². The van der Waals surface area contributed by atoms with E-state index in [4.69, 9.17) is 11.0 Å². The van der Waals surface area contributed by atoms with Crippen LogP contribution >= 0.6 is 31.9 Å². The second-order valence-electron chi connectivity index (χ2n) is 3.42. The van der Waals surface area contributed by atoms with E-state index in [1.165, 1.54) is 0 Å². The fourth-order valence-electron chi connectivity index (χ4n) is 1.50. The van der Waals surface area contributed by atoms with Gasteiger partial charge in [-0.3, -0.25) is 0 Å². The lowest BCUT2D eigenvalue weighted by atomic mass is 10.1. The molecule has 0 fully saturated rings. The lowest BCUT2D eigenvalue weighted by Gasteiger charge is -2.06. The molecule has 0 saturated heterocycles. The van der Waals surface area contributed by atoms with E-state index < -0.39 is 0 Å². The molecule has 4 nitrogen and oxygen atoms in total. The number of alkyl halides is 2. The molecule has 0 amide bonds. The maximum Gasteiger partial charge on any atom is 0.101 e. The quantitative estimate of drug-likeness (QED) is 0.663. The van der Waals surface area contributed by atoms with Gasteiger partial charge in [-0.05, 0) is 12.1 Å². The van der Waals surface area contributed by atoms with Crippen molar-refractivity contribution in [1.29, 1.82) is 5.26 Å². The fraction of sp³-hybridized carbons (Fsp3) is 0.182. The number of nitriles is 1. The Balaban J connectivity index is 2.75. The minimum atomic E-state index is 0.430. The standard InChI is InChI=1S/C11H8Br2N4/c12-3-10-11(4-13)17-9-2-7(15)6(5-14)1-8(9)16-10/h1-2H,3-4,15H2. The maximum atomic E-state index is 8.91. The van der Waals surface area contributed by atoms with E-state index in [2.05, 4.69) is 41.8 Å². The third kappa shape index (κ3) is 2.26. The van der Waals surface area contributed by atoms with Crippen LogP contribution in [0, 0.1) is 11.3 Å². The Kier molecular flexibility index (Phi) is 3.60. The van der Waals surface area contributed by atoms with Crippen LogP contribution in [0.2, 0.25) is 0 Å². The van der Waals surface area contributed by atoms with Gasteiger partial charge in [0.05, 0.1) is 33.7 Å². The first-order valence-electron chi connectivity index (χ1n) is 4.80. The number of hydrogen-bond acceptors (Lipinski definition) is 4. The molecular formula is C11H8Br2N4. The van der Waals surface area contributed by atoms with Gasteiger partial charge in [0.1, 0.15) is 6.07 Å². The van der Waals surface area contributed by atoms with E-state index in [1.807, 2.05) is 6.07 Å². The van der Waals surface area contributed by atoms with Crippen LogP contribution in [0.4, 0.5) is 5.69 Å². The molecule has 2 N–H and O–H groups in total. The summed E-state index contributed by atoms with van der Waals surface area (Å²) in [4.78, 5) is 8.94. The van der Waals surface area contributed by atoms with Crippen molar-refractivity contribution in [3.8, 4) is 6.07 Å². The SMILES string of the molecule is N#Cc1cc2nc(CBr)c(CBr)nc2cc1N. The Morgan fingerprint density at radius 2 is 1.65 bits per heavy atom. The lowest BCUT2D eigenvalue weighted by molar-refractivity contribution is 1.08. The molecule has 0 aliphatic rings. The number of nitrogens with two attached hydrogens (primary N) is 1. The Bertz CT molecular complexity index is 619. The van der Waals surface area contributed by atoms with Gasteiger partial charge in [0, 0.05) is 10.7 Å². The molecule has 1 aromatic carbocycles. The molecule has 0 aliphatic heterocycles. The molecule has 86 valence electrons. The average molecular weight is 356 g/mol. The highest BCUT2D eigenvalue weighted by Gasteiger charge is 2.09. The zero-order valence-electron chi connectivity index (χ0n) is 8.74. The molecule has 1 heterocycles. The van der Waals surface area contributed by atoms with Crippen LogP contribution in [-0.2, 0) is 10.7 Å². The normalized spacial score (nSPS) is 10.4. The molecule has 0 saturated carbocycles. The number of halogens is 2. The van der Waals surface area contributed by atoms with E-state index in [0.29, 0.717) is 32.9 Å². The van der Waals surface area contributed by atoms with Gasteiger partial charge in [0.25, 0.3) is 0 Å². The Morgan fingerprint density at radius 3 is 2.12 bits per heavy atom. The number of fused-ring (bicyclic) bond motifs is 1. The van der Waals surface area contributed by atoms with Gasteiger partial charge in [0.15, 0.2) is 0 Å². The minimum Gasteiger partial charge on any atom is -0.398 e. The minimum absolute atomic E-state index is 0.430. The molecule has 1 aromatic heterocycles. The second kappa shape index (κ2) is 4.98. The first kappa shape index (κ1) is 12.3. The molecule has 0 atom stereocenters. The fourth-order valence-corrected chi connectivity index (χ4v) is 2.40. The summed E-state index contributed by atoms with van der Waals surface area (Å²) in [5.74, 6) is 0. The van der Waals surface area contributed by atoms with E-state index in [9.17, 15) is 0 Å². The number of hydrogen-bond donors (Lipinski definition) is 1. The molecular weight excluding hydrogens is 348 g/mol. The van der Waals surface area contributed by atoms with Crippen molar-refractivity contribution < 1.29 is 0 Å². The summed E-state index contributed by atoms with van der Waals surface area (Å²) in [6.45, 7) is 0. The summed E-state index contributed by atoms with van der Waals surface area (Å²) in [6.07, 6.45) is 0. The van der Waals surface area contributed by atoms with Crippen molar-refractivity contribution in [2.75, 3.05) is 5.73 Å². The predicted molar refractivity (Wildman–Crippen MR) is 73.9 cm³/mol. The molecule has 6 heteroatoms. The number of nitrogens with zero attached hydrogens (tertiary/aromatic N) is 3. The molecule has 0 radical (unpaired) electrons. The van der Waals surface area contributed by atoms with Gasteiger partial charge in [0.2, 0.25) is 0 Å². The topological polar surface area (TPSA) is 75.6 Å². The predicted octanol–water partition coefficient (Wildman–Crippen LogP) is 2.87. The summed E-state index contributed by atoms with van der Waals surface area (Å²) in [5, 5.41) is 10.2. The van der Waals surface area contributed by atoms with Gasteiger partial charge in [-0.2, -0.15) is 5.26 Å². The first-order valence-corrected chi connectivity index (χ1v) is 7.05. The number of nitrogen functional groups attached to an aromatic ring is 1. The molecule has 0 bridgehead atoms. The zero-order valence-corrected chi connectivity index (χ0v) is 11.9. The van der Waals surface area contributed by atoms with E-state index in [1.54, 1.807) is 12.1 Å². The smallest absolute Gasteiger partial charge is 0.101 e. The van der Waals surface area contributed by atoms with Crippen LogP contribution in [0.5, 0.6) is 0 Å². The Labute approximate surface area is 115 Å². The van der Waals surface area contributed by atoms with Gasteiger partial charge in [-0.25, -0.2) is 9.97 Å². The Hall–Kier alpha value is -1.19. The average Bonchev–Trinajstić information content (AvgIpc) is 2.36. The highest BCUT2D eigenvalue weighted by Crippen LogP contribution is 2.22. The molecule has 0 spiro atoms. The third-order valence-corrected chi connectivity index (χ3v) is 3.43. The molecule has 2 aromatic rings. The van der Waals surface area contributed by atoms with Crippen molar-refractivity contribution in [2.24, 2.45) is 0 Å². The summed E-state index contributed by atoms with van der Waals surface area (Å²) in [6, 6.07) is 5.39. The summed E-state index contributed by atoms with van der Waals surface area (Å²) >= 11 is 6.75. The number of rotatable bonds is 2. The van der Waals surface area contributed by atoms with Gasteiger partial charge in [-0.1, -0.05) is 31.9 Å². The number of aromatic nitrogens is 2. The van der Waals surface area contributed by atoms with E-state index >= 15 is 0 Å². The van der Waals surface area contributed by atoms with E-state index in [0.717, 1.165) is 11.4 Å². The van der Waals surface area contributed by atoms with Crippen molar-refractivity contribution in [2.45, 2.75) is 10.7 Å². The maximum absolute atomic E-state index is 8.91. The van der Waals surface area contributed by atoms with Crippen LogP contribution in [0.25, 0.3) is 11.0 Å². The Morgan fingerprint density at radius 1 is 1.12 bits per heavy atom. The first-order chi connectivity index (χ1) is 8.19. The van der Waals surface area contributed by atoms with Gasteiger partial charge >= 0.3 is 0 Å². The second-order valence-corrected chi connectivity index (χ2v) is 4.55. The third-order valence-electron chi connectivity index (χ3n) is 2.36. The van der Waals surface area contributed by atoms with Crippen LogP contribution in [0.3, 0.4) is 0 Å². The molecule has 0 aliphatic carbocycles. The van der Waals surface area contributed by atoms with Crippen molar-refractivity contribution in [3.63, 3.8) is 0 Å². The lowest BCUT2D eigenvalue weighted by Crippen LogP contribution is -2.00. The van der Waals surface area contributed by atoms with Crippen molar-refractivity contribution >= 4 is 48.6 Å². The molecule has 0 unspecified atom stereocenters. The largest absolute Gasteiger partial charge is 0.398 e. The highest BCUT2D eigenvalue weighted by molar-refractivity contribution is 9.09. The summed E-state index contributed by atoms with van der Waals surface area (Å²) < 4.78 is 0. The van der Waals surface area contributed by atoms with Crippen LogP contribution < -0.4 is 5.73 Å². The monoisotopic (exact) mass is 354 g/mol. The highest BCUT2D eigenvalue weighted by atomic mass is 79.9. The van der Waals surface area contributed by atoms with Gasteiger partial charge in [-0.15, -0.1) is 0 Å². The summed E-state index contributed by atoms with van der Waals surface area (Å²) in [7, 11) is 0. The zero-order chi connectivity index (χ0) is 12.4. The van der Waals surface area contributed by atoms with Crippen LogP contribution in [0.15, 0.2) is 12.1 Å². The molecule has 17 heavy (non-hydrogen) atoms. The van der Waals surface area contributed by atoms with Crippen LogP contribution in [0.1, 0.15) is 17.0 Å². The molecule has 2 rings (SSSR count). The number of anilines is 1. The van der Waals surface area contributed by atoms with Crippen LogP contribution in [-0.4, -0.2) is 9.97 Å².